The monoisotopic (exact) mass is 187 g/mol. The van der Waals surface area contributed by atoms with E-state index in [1.165, 1.54) is 0 Å². The second kappa shape index (κ2) is 7.30. The largest absolute Gasteiger partial charge is 0.381 e. The SMILES string of the molecule is CCCOCCCN1CCOCC1. The Bertz CT molecular complexity index is 113. The molecule has 0 aromatic carbocycles. The second-order valence-corrected chi connectivity index (χ2v) is 3.42. The van der Waals surface area contributed by atoms with Crippen LogP contribution in [0.3, 0.4) is 0 Å². The van der Waals surface area contributed by atoms with E-state index in [1.807, 2.05) is 0 Å². The highest BCUT2D eigenvalue weighted by atomic mass is 16.5. The summed E-state index contributed by atoms with van der Waals surface area (Å²) in [5, 5.41) is 0. The fourth-order valence-electron chi connectivity index (χ4n) is 1.46. The van der Waals surface area contributed by atoms with Crippen LogP contribution in [0.4, 0.5) is 0 Å². The number of nitrogens with zero attached hydrogens (tertiary/aromatic N) is 1. The molecule has 0 bridgehead atoms. The van der Waals surface area contributed by atoms with Gasteiger partial charge in [-0.15, -0.1) is 0 Å². The Morgan fingerprint density at radius 1 is 1.23 bits per heavy atom. The van der Waals surface area contributed by atoms with Gasteiger partial charge in [0.2, 0.25) is 0 Å². The Morgan fingerprint density at radius 2 is 2.00 bits per heavy atom. The number of hydrogen-bond acceptors (Lipinski definition) is 3. The normalized spacial score (nSPS) is 19.2. The van der Waals surface area contributed by atoms with Gasteiger partial charge in [0, 0.05) is 32.8 Å². The van der Waals surface area contributed by atoms with E-state index in [4.69, 9.17) is 9.47 Å². The molecule has 0 aromatic rings. The van der Waals surface area contributed by atoms with E-state index >= 15 is 0 Å². The van der Waals surface area contributed by atoms with Crippen LogP contribution in [0.15, 0.2) is 0 Å². The molecule has 3 nitrogen and oxygen atoms in total. The molecule has 0 radical (unpaired) electrons. The summed E-state index contributed by atoms with van der Waals surface area (Å²) in [5.41, 5.74) is 0. The van der Waals surface area contributed by atoms with Crippen LogP contribution in [-0.2, 0) is 9.47 Å². The minimum Gasteiger partial charge on any atom is -0.381 e. The maximum absolute atomic E-state index is 5.42. The molecule has 1 fully saturated rings. The Hall–Kier alpha value is -0.120. The zero-order chi connectivity index (χ0) is 9.36. The first-order valence-electron chi connectivity index (χ1n) is 5.31. The first kappa shape index (κ1) is 11.0. The topological polar surface area (TPSA) is 21.7 Å². The standard InChI is InChI=1S/C10H21NO2/c1-2-7-12-8-3-4-11-5-9-13-10-6-11/h2-10H2,1H3. The van der Waals surface area contributed by atoms with Crippen molar-refractivity contribution in [3.05, 3.63) is 0 Å². The summed E-state index contributed by atoms with van der Waals surface area (Å²) in [6, 6.07) is 0. The smallest absolute Gasteiger partial charge is 0.0594 e. The maximum atomic E-state index is 5.42. The van der Waals surface area contributed by atoms with Crippen LogP contribution < -0.4 is 0 Å². The van der Waals surface area contributed by atoms with Crippen molar-refractivity contribution < 1.29 is 9.47 Å². The number of hydrogen-bond donors (Lipinski definition) is 0. The van der Waals surface area contributed by atoms with Gasteiger partial charge in [0.05, 0.1) is 13.2 Å². The average molecular weight is 187 g/mol. The lowest BCUT2D eigenvalue weighted by molar-refractivity contribution is 0.0320. The van der Waals surface area contributed by atoms with Crippen molar-refractivity contribution in [3.63, 3.8) is 0 Å². The van der Waals surface area contributed by atoms with Gasteiger partial charge in [-0.2, -0.15) is 0 Å². The van der Waals surface area contributed by atoms with Crippen molar-refractivity contribution in [1.82, 2.24) is 4.90 Å². The van der Waals surface area contributed by atoms with Gasteiger partial charge in [0.1, 0.15) is 0 Å². The van der Waals surface area contributed by atoms with Gasteiger partial charge in [-0.1, -0.05) is 6.92 Å². The van der Waals surface area contributed by atoms with Crippen molar-refractivity contribution in [2.75, 3.05) is 46.1 Å². The summed E-state index contributed by atoms with van der Waals surface area (Å²) in [4.78, 5) is 2.44. The minimum atomic E-state index is 0.899. The molecule has 0 spiro atoms. The summed E-state index contributed by atoms with van der Waals surface area (Å²) < 4.78 is 10.7. The predicted octanol–water partition coefficient (Wildman–Crippen LogP) is 1.14. The van der Waals surface area contributed by atoms with Crippen LogP contribution in [0.5, 0.6) is 0 Å². The first-order valence-corrected chi connectivity index (χ1v) is 5.31. The molecule has 1 rings (SSSR count). The molecule has 3 heteroatoms. The van der Waals surface area contributed by atoms with Crippen LogP contribution in [0.25, 0.3) is 0 Å². The van der Waals surface area contributed by atoms with Gasteiger partial charge >= 0.3 is 0 Å². The molecule has 0 N–H and O–H groups in total. The van der Waals surface area contributed by atoms with E-state index in [0.717, 1.165) is 58.9 Å². The van der Waals surface area contributed by atoms with Crippen LogP contribution in [0.1, 0.15) is 19.8 Å². The van der Waals surface area contributed by atoms with Crippen LogP contribution >= 0.6 is 0 Å². The lowest BCUT2D eigenvalue weighted by Gasteiger charge is -2.26. The van der Waals surface area contributed by atoms with E-state index in [2.05, 4.69) is 11.8 Å². The summed E-state index contributed by atoms with van der Waals surface area (Å²) >= 11 is 0. The quantitative estimate of drug-likeness (QED) is 0.582. The second-order valence-electron chi connectivity index (χ2n) is 3.42. The van der Waals surface area contributed by atoms with Gasteiger partial charge < -0.3 is 9.47 Å². The highest BCUT2D eigenvalue weighted by molar-refractivity contribution is 4.60. The Labute approximate surface area is 81.0 Å². The Balaban J connectivity index is 1.86. The lowest BCUT2D eigenvalue weighted by Crippen LogP contribution is -2.37. The Kier molecular flexibility index (Phi) is 6.15. The third kappa shape index (κ3) is 5.24. The highest BCUT2D eigenvalue weighted by Gasteiger charge is 2.08. The first-order chi connectivity index (χ1) is 6.43. The van der Waals surface area contributed by atoms with Gasteiger partial charge in [-0.3, -0.25) is 4.90 Å². The molecule has 1 saturated heterocycles. The van der Waals surface area contributed by atoms with Gasteiger partial charge in [0.15, 0.2) is 0 Å². The third-order valence-electron chi connectivity index (χ3n) is 2.22. The molecular formula is C10H21NO2. The molecule has 0 atom stereocenters. The molecule has 0 amide bonds. The molecule has 78 valence electrons. The van der Waals surface area contributed by atoms with Crippen molar-refractivity contribution in [2.24, 2.45) is 0 Å². The molecule has 1 heterocycles. The fourth-order valence-corrected chi connectivity index (χ4v) is 1.46. The van der Waals surface area contributed by atoms with Crippen molar-refractivity contribution in [3.8, 4) is 0 Å². The fraction of sp³-hybridized carbons (Fsp3) is 1.00. The predicted molar refractivity (Wildman–Crippen MR) is 53.0 cm³/mol. The third-order valence-corrected chi connectivity index (χ3v) is 2.22. The molecular weight excluding hydrogens is 166 g/mol. The number of rotatable bonds is 6. The molecule has 1 aliphatic rings. The van der Waals surface area contributed by atoms with Crippen molar-refractivity contribution >= 4 is 0 Å². The van der Waals surface area contributed by atoms with Crippen LogP contribution in [0, 0.1) is 0 Å². The Morgan fingerprint density at radius 3 is 2.69 bits per heavy atom. The van der Waals surface area contributed by atoms with E-state index in [1.54, 1.807) is 0 Å². The molecule has 0 saturated carbocycles. The number of morpholine rings is 1. The van der Waals surface area contributed by atoms with E-state index in [-0.39, 0.29) is 0 Å². The average Bonchev–Trinajstić information content (AvgIpc) is 2.19. The minimum absolute atomic E-state index is 0.899. The van der Waals surface area contributed by atoms with Gasteiger partial charge in [-0.05, 0) is 12.8 Å². The van der Waals surface area contributed by atoms with Crippen LogP contribution in [-0.4, -0.2) is 51.0 Å². The summed E-state index contributed by atoms with van der Waals surface area (Å²) in [7, 11) is 0. The van der Waals surface area contributed by atoms with Crippen LogP contribution in [0.2, 0.25) is 0 Å². The van der Waals surface area contributed by atoms with E-state index in [9.17, 15) is 0 Å². The molecule has 1 aliphatic heterocycles. The summed E-state index contributed by atoms with van der Waals surface area (Å²) in [6.07, 6.45) is 2.28. The van der Waals surface area contributed by atoms with Gasteiger partial charge in [0.25, 0.3) is 0 Å². The van der Waals surface area contributed by atoms with E-state index < -0.39 is 0 Å². The summed E-state index contributed by atoms with van der Waals surface area (Å²) in [5.74, 6) is 0. The molecule has 0 aromatic heterocycles. The van der Waals surface area contributed by atoms with E-state index in [0.29, 0.717) is 0 Å². The summed E-state index contributed by atoms with van der Waals surface area (Å²) in [6.45, 7) is 9.09. The highest BCUT2D eigenvalue weighted by Crippen LogP contribution is 1.98. The molecule has 13 heavy (non-hydrogen) atoms. The molecule has 0 unspecified atom stereocenters. The van der Waals surface area contributed by atoms with Crippen molar-refractivity contribution in [2.45, 2.75) is 19.8 Å². The maximum Gasteiger partial charge on any atom is 0.0594 e. The zero-order valence-electron chi connectivity index (χ0n) is 8.63. The molecule has 0 aliphatic carbocycles. The zero-order valence-corrected chi connectivity index (χ0v) is 8.63. The van der Waals surface area contributed by atoms with Gasteiger partial charge in [-0.25, -0.2) is 0 Å². The van der Waals surface area contributed by atoms with Crippen molar-refractivity contribution in [1.29, 1.82) is 0 Å². The number of ether oxygens (including phenoxy) is 2. The lowest BCUT2D eigenvalue weighted by atomic mass is 10.3.